The molecule has 0 radical (unpaired) electrons. The van der Waals surface area contributed by atoms with Gasteiger partial charge in [0, 0.05) is 11.8 Å². The van der Waals surface area contributed by atoms with Crippen molar-refractivity contribution in [1.82, 2.24) is 4.98 Å². The van der Waals surface area contributed by atoms with E-state index in [9.17, 15) is 5.11 Å². The number of nitrogens with zero attached hydrogens (tertiary/aromatic N) is 1. The van der Waals surface area contributed by atoms with E-state index < -0.39 is 0 Å². The lowest BCUT2D eigenvalue weighted by Crippen LogP contribution is -1.87. The fraction of sp³-hybridized carbons (Fsp3) is 0.286. The van der Waals surface area contributed by atoms with Crippen LogP contribution in [0.1, 0.15) is 15.0 Å². The quantitative estimate of drug-likeness (QED) is 0.777. The Labute approximate surface area is 98.4 Å². The predicted octanol–water partition coefficient (Wildman–Crippen LogP) is 3.46. The highest BCUT2D eigenvalue weighted by molar-refractivity contribution is 9.24. The SMILES string of the molecule is Br.Cc1nccc(C(Br)Br)c1O. The van der Waals surface area contributed by atoms with E-state index in [-0.39, 0.29) is 26.5 Å². The highest BCUT2D eigenvalue weighted by Gasteiger charge is 2.09. The molecule has 1 aromatic heterocycles. The summed E-state index contributed by atoms with van der Waals surface area (Å²) in [5, 5.41) is 9.45. The van der Waals surface area contributed by atoms with E-state index in [4.69, 9.17) is 0 Å². The molecule has 12 heavy (non-hydrogen) atoms. The summed E-state index contributed by atoms with van der Waals surface area (Å²) >= 11 is 6.59. The second-order valence-corrected chi connectivity index (χ2v) is 5.20. The molecule has 0 aliphatic rings. The van der Waals surface area contributed by atoms with Crippen LogP contribution in [-0.4, -0.2) is 10.1 Å². The molecule has 0 fully saturated rings. The van der Waals surface area contributed by atoms with Gasteiger partial charge in [0.05, 0.1) is 9.43 Å². The molecule has 0 bridgehead atoms. The molecular weight excluding hydrogens is 354 g/mol. The molecule has 1 heterocycles. The van der Waals surface area contributed by atoms with E-state index in [1.807, 2.05) is 0 Å². The number of aromatic nitrogens is 1. The van der Waals surface area contributed by atoms with E-state index in [0.717, 1.165) is 5.56 Å². The van der Waals surface area contributed by atoms with Gasteiger partial charge >= 0.3 is 0 Å². The third kappa shape index (κ3) is 2.71. The van der Waals surface area contributed by atoms with Crippen LogP contribution >= 0.6 is 48.8 Å². The van der Waals surface area contributed by atoms with Gasteiger partial charge in [0.1, 0.15) is 5.75 Å². The monoisotopic (exact) mass is 359 g/mol. The van der Waals surface area contributed by atoms with E-state index in [0.29, 0.717) is 5.69 Å². The van der Waals surface area contributed by atoms with Crippen LogP contribution in [0.2, 0.25) is 0 Å². The first-order valence-electron chi connectivity index (χ1n) is 3.05. The second kappa shape index (κ2) is 5.19. The summed E-state index contributed by atoms with van der Waals surface area (Å²) in [5.41, 5.74) is 1.45. The number of alkyl halides is 2. The summed E-state index contributed by atoms with van der Waals surface area (Å²) in [4.78, 5) is 3.93. The Hall–Kier alpha value is 0.390. The Kier molecular flexibility index (Phi) is 5.36. The third-order valence-corrected chi connectivity index (χ3v) is 2.36. The minimum atomic E-state index is -0.0169. The van der Waals surface area contributed by atoms with Crippen LogP contribution in [0.5, 0.6) is 5.75 Å². The zero-order valence-electron chi connectivity index (χ0n) is 6.29. The predicted molar refractivity (Wildman–Crippen MR) is 61.6 cm³/mol. The van der Waals surface area contributed by atoms with E-state index >= 15 is 0 Å². The van der Waals surface area contributed by atoms with E-state index in [1.54, 1.807) is 19.2 Å². The topological polar surface area (TPSA) is 33.1 Å². The third-order valence-electron chi connectivity index (χ3n) is 1.37. The Morgan fingerprint density at radius 3 is 2.50 bits per heavy atom. The Morgan fingerprint density at radius 2 is 2.08 bits per heavy atom. The van der Waals surface area contributed by atoms with Gasteiger partial charge in [0.25, 0.3) is 0 Å². The molecule has 0 saturated heterocycles. The summed E-state index contributed by atoms with van der Waals surface area (Å²) < 4.78 is -0.0169. The van der Waals surface area contributed by atoms with Gasteiger partial charge in [-0.25, -0.2) is 0 Å². The van der Waals surface area contributed by atoms with Crippen molar-refractivity contribution in [3.63, 3.8) is 0 Å². The summed E-state index contributed by atoms with van der Waals surface area (Å²) in [6, 6.07) is 1.76. The van der Waals surface area contributed by atoms with Gasteiger partial charge in [-0.1, -0.05) is 31.9 Å². The second-order valence-electron chi connectivity index (χ2n) is 2.13. The lowest BCUT2D eigenvalue weighted by Gasteiger charge is -2.05. The Bertz CT molecular complexity index is 265. The van der Waals surface area contributed by atoms with E-state index in [2.05, 4.69) is 36.8 Å². The molecule has 68 valence electrons. The molecule has 1 aromatic rings. The summed E-state index contributed by atoms with van der Waals surface area (Å²) in [6.45, 7) is 1.77. The first kappa shape index (κ1) is 12.4. The molecule has 0 unspecified atom stereocenters. The Morgan fingerprint density at radius 1 is 1.50 bits per heavy atom. The fourth-order valence-electron chi connectivity index (χ4n) is 0.754. The molecule has 0 aromatic carbocycles. The first-order chi connectivity index (χ1) is 5.13. The van der Waals surface area contributed by atoms with Crippen LogP contribution in [0.3, 0.4) is 0 Å². The standard InChI is InChI=1S/C7H7Br2NO.BrH/c1-4-6(11)5(7(8)9)2-3-10-4;/h2-3,7,11H,1H3;1H. The van der Waals surface area contributed by atoms with Crippen molar-refractivity contribution >= 4 is 48.8 Å². The first-order valence-corrected chi connectivity index (χ1v) is 4.88. The van der Waals surface area contributed by atoms with Crippen LogP contribution in [-0.2, 0) is 0 Å². The minimum absolute atomic E-state index is 0. The number of hydrogen-bond acceptors (Lipinski definition) is 2. The molecule has 2 nitrogen and oxygen atoms in total. The molecule has 1 N–H and O–H groups in total. The van der Waals surface area contributed by atoms with Crippen LogP contribution in [0.25, 0.3) is 0 Å². The molecule has 0 saturated carbocycles. The van der Waals surface area contributed by atoms with Gasteiger partial charge in [0.2, 0.25) is 0 Å². The largest absolute Gasteiger partial charge is 0.506 e. The molecule has 5 heteroatoms. The number of hydrogen-bond donors (Lipinski definition) is 1. The molecule has 0 aliphatic heterocycles. The fourth-order valence-corrected chi connectivity index (χ4v) is 1.49. The summed E-state index contributed by atoms with van der Waals surface area (Å²) in [5.74, 6) is 0.242. The number of pyridine rings is 1. The van der Waals surface area contributed by atoms with E-state index in [1.165, 1.54) is 0 Å². The molecule has 0 amide bonds. The van der Waals surface area contributed by atoms with Gasteiger partial charge in [-0.15, -0.1) is 17.0 Å². The highest BCUT2D eigenvalue weighted by Crippen LogP contribution is 2.35. The zero-order valence-corrected chi connectivity index (χ0v) is 11.2. The Balaban J connectivity index is 0.00000121. The summed E-state index contributed by atoms with van der Waals surface area (Å²) in [7, 11) is 0. The average molecular weight is 362 g/mol. The maximum atomic E-state index is 9.45. The van der Waals surface area contributed by atoms with Crippen molar-refractivity contribution in [3.05, 3.63) is 23.5 Å². The van der Waals surface area contributed by atoms with Gasteiger partial charge < -0.3 is 5.11 Å². The van der Waals surface area contributed by atoms with Crippen LogP contribution < -0.4 is 0 Å². The van der Waals surface area contributed by atoms with Crippen molar-refractivity contribution in [2.75, 3.05) is 0 Å². The van der Waals surface area contributed by atoms with Crippen molar-refractivity contribution in [3.8, 4) is 5.75 Å². The highest BCUT2D eigenvalue weighted by atomic mass is 79.9. The van der Waals surface area contributed by atoms with Gasteiger partial charge in [-0.3, -0.25) is 4.98 Å². The van der Waals surface area contributed by atoms with Gasteiger partial charge in [0.15, 0.2) is 0 Å². The molecule has 0 atom stereocenters. The average Bonchev–Trinajstić information content (AvgIpc) is 1.94. The van der Waals surface area contributed by atoms with Gasteiger partial charge in [-0.2, -0.15) is 0 Å². The smallest absolute Gasteiger partial charge is 0.141 e. The number of aromatic hydroxyl groups is 1. The summed E-state index contributed by atoms with van der Waals surface area (Å²) in [6.07, 6.45) is 1.67. The lowest BCUT2D eigenvalue weighted by atomic mass is 10.2. The molecular formula is C7H8Br3NO. The lowest BCUT2D eigenvalue weighted by molar-refractivity contribution is 0.463. The van der Waals surface area contributed by atoms with Crippen LogP contribution in [0.15, 0.2) is 12.3 Å². The minimum Gasteiger partial charge on any atom is -0.506 e. The van der Waals surface area contributed by atoms with Crippen molar-refractivity contribution in [2.45, 2.75) is 10.7 Å². The zero-order chi connectivity index (χ0) is 8.43. The number of rotatable bonds is 1. The van der Waals surface area contributed by atoms with Crippen molar-refractivity contribution in [1.29, 1.82) is 0 Å². The molecule has 0 spiro atoms. The normalized spacial score (nSPS) is 9.67. The van der Waals surface area contributed by atoms with Crippen molar-refractivity contribution in [2.24, 2.45) is 0 Å². The van der Waals surface area contributed by atoms with Crippen molar-refractivity contribution < 1.29 is 5.11 Å². The molecule has 1 rings (SSSR count). The number of aryl methyl sites for hydroxylation is 1. The molecule has 0 aliphatic carbocycles. The maximum absolute atomic E-state index is 9.45. The van der Waals surface area contributed by atoms with Crippen LogP contribution in [0.4, 0.5) is 0 Å². The van der Waals surface area contributed by atoms with Crippen LogP contribution in [0, 0.1) is 6.92 Å². The van der Waals surface area contributed by atoms with Gasteiger partial charge in [-0.05, 0) is 13.0 Å². The maximum Gasteiger partial charge on any atom is 0.141 e. The number of halogens is 3.